The molecule has 2 aliphatic carbocycles. The fourth-order valence-corrected chi connectivity index (χ4v) is 6.55. The molecule has 2 aliphatic rings. The molecule has 0 aliphatic heterocycles. The summed E-state index contributed by atoms with van der Waals surface area (Å²) in [5.74, 6) is 0.608. The normalized spacial score (nSPS) is 18.5. The van der Waals surface area contributed by atoms with Gasteiger partial charge in [0.15, 0.2) is 0 Å². The highest BCUT2D eigenvalue weighted by Crippen LogP contribution is 2.54. The van der Waals surface area contributed by atoms with Crippen LogP contribution in [0.1, 0.15) is 51.9 Å². The quantitative estimate of drug-likeness (QED) is 0.235. The molecule has 0 N–H and O–H groups in total. The van der Waals surface area contributed by atoms with E-state index >= 15 is 0 Å². The molecule has 6 aromatic rings. The minimum atomic E-state index is 0.304. The maximum atomic E-state index is 5.31. The molecule has 0 spiro atoms. The number of aromatic nitrogens is 2. The van der Waals surface area contributed by atoms with E-state index in [-0.39, 0.29) is 0 Å². The van der Waals surface area contributed by atoms with Crippen molar-refractivity contribution in [1.29, 1.82) is 0 Å². The zero-order valence-corrected chi connectivity index (χ0v) is 18.7. The van der Waals surface area contributed by atoms with E-state index in [1.54, 1.807) is 0 Å². The predicted molar refractivity (Wildman–Crippen MR) is 136 cm³/mol. The Labute approximate surface area is 191 Å². The number of nitrogens with zero attached hydrogens (tertiary/aromatic N) is 2. The zero-order valence-electron chi connectivity index (χ0n) is 18.7. The van der Waals surface area contributed by atoms with Crippen LogP contribution in [0.15, 0.2) is 72.8 Å². The molecule has 2 bridgehead atoms. The van der Waals surface area contributed by atoms with Gasteiger partial charge < -0.3 is 0 Å². The first kappa shape index (κ1) is 17.7. The van der Waals surface area contributed by atoms with Gasteiger partial charge in [0.1, 0.15) is 0 Å². The van der Waals surface area contributed by atoms with Gasteiger partial charge in [-0.25, -0.2) is 0 Å². The highest BCUT2D eigenvalue weighted by Gasteiger charge is 2.39. The first-order valence-electron chi connectivity index (χ1n) is 11.8. The summed E-state index contributed by atoms with van der Waals surface area (Å²) in [4.78, 5) is 10.6. The smallest absolute Gasteiger partial charge is 0.0712 e. The molecule has 0 fully saturated rings. The van der Waals surface area contributed by atoms with Gasteiger partial charge in [-0.3, -0.25) is 9.97 Å². The monoisotopic (exact) mass is 422 g/mol. The topological polar surface area (TPSA) is 25.8 Å². The van der Waals surface area contributed by atoms with Crippen LogP contribution in [-0.2, 0) is 0 Å². The Hall–Kier alpha value is -3.78. The first-order chi connectivity index (χ1) is 16.2. The van der Waals surface area contributed by atoms with Crippen LogP contribution in [0.3, 0.4) is 0 Å². The van der Waals surface area contributed by atoms with Crippen LogP contribution in [0.2, 0.25) is 0 Å². The Morgan fingerprint density at radius 1 is 0.576 bits per heavy atom. The molecule has 0 saturated carbocycles. The molecular weight excluding hydrogens is 400 g/mol. The predicted octanol–water partition coefficient (Wildman–Crippen LogP) is 7.69. The van der Waals surface area contributed by atoms with Gasteiger partial charge in [0.05, 0.1) is 22.4 Å². The molecule has 2 aromatic heterocycles. The second kappa shape index (κ2) is 5.96. The second-order valence-corrected chi connectivity index (χ2v) is 9.92. The third kappa shape index (κ3) is 2.19. The Morgan fingerprint density at radius 3 is 1.55 bits per heavy atom. The molecule has 2 heteroatoms. The third-order valence-corrected chi connectivity index (χ3v) is 7.95. The summed E-state index contributed by atoms with van der Waals surface area (Å²) in [6.45, 7) is 4.33. The SMILES string of the molecule is Cc1ccc2nc3c4c(cccc4c2c1)[C@@H]1C[C@H]3c2cccc3c2c1nc1ccc(C)cc13. The van der Waals surface area contributed by atoms with E-state index in [9.17, 15) is 0 Å². The van der Waals surface area contributed by atoms with Gasteiger partial charge in [-0.2, -0.15) is 0 Å². The summed E-state index contributed by atoms with van der Waals surface area (Å²) in [5.41, 5.74) is 10.0. The van der Waals surface area contributed by atoms with Crippen molar-refractivity contribution in [2.75, 3.05) is 0 Å². The maximum absolute atomic E-state index is 5.31. The second-order valence-electron chi connectivity index (χ2n) is 9.92. The number of aryl methyl sites for hydroxylation is 2. The van der Waals surface area contributed by atoms with Crippen molar-refractivity contribution in [1.82, 2.24) is 9.97 Å². The van der Waals surface area contributed by atoms with Crippen molar-refractivity contribution in [3.63, 3.8) is 0 Å². The van der Waals surface area contributed by atoms with Crippen LogP contribution in [0.5, 0.6) is 0 Å². The maximum Gasteiger partial charge on any atom is 0.0712 e. The molecule has 2 heterocycles. The Bertz CT molecular complexity index is 1690. The van der Waals surface area contributed by atoms with Crippen molar-refractivity contribution in [2.45, 2.75) is 32.1 Å². The standard InChI is InChI=1S/C31H22N2/c1-16-9-11-26-22(13-16)18-5-3-7-20-24-15-25(30(32-26)28(18)20)21-8-4-6-19-23-14-17(2)10-12-27(23)33-31(24)29(19)21/h3-14,24-25H,15H2,1-2H3/t24-,25-/m0/s1. The molecule has 4 aromatic carbocycles. The third-order valence-electron chi connectivity index (χ3n) is 7.95. The minimum Gasteiger partial charge on any atom is -0.252 e. The number of benzene rings is 4. The lowest BCUT2D eigenvalue weighted by Crippen LogP contribution is -2.23. The van der Waals surface area contributed by atoms with E-state index in [2.05, 4.69) is 86.6 Å². The van der Waals surface area contributed by atoms with Gasteiger partial charge in [0.2, 0.25) is 0 Å². The van der Waals surface area contributed by atoms with Gasteiger partial charge >= 0.3 is 0 Å². The van der Waals surface area contributed by atoms with E-state index in [0.717, 1.165) is 17.5 Å². The van der Waals surface area contributed by atoms with Crippen LogP contribution in [0.4, 0.5) is 0 Å². The largest absolute Gasteiger partial charge is 0.252 e. The molecule has 0 amide bonds. The summed E-state index contributed by atoms with van der Waals surface area (Å²) in [6.07, 6.45) is 1.05. The summed E-state index contributed by atoms with van der Waals surface area (Å²) in [6, 6.07) is 27.0. The molecule has 8 rings (SSSR count). The van der Waals surface area contributed by atoms with Crippen molar-refractivity contribution >= 4 is 43.4 Å². The summed E-state index contributed by atoms with van der Waals surface area (Å²) in [5, 5.41) is 7.89. The van der Waals surface area contributed by atoms with Crippen molar-refractivity contribution in [2.24, 2.45) is 0 Å². The number of hydrogen-bond donors (Lipinski definition) is 0. The van der Waals surface area contributed by atoms with Crippen molar-refractivity contribution in [3.8, 4) is 0 Å². The number of pyridine rings is 2. The Balaban J connectivity index is 1.56. The summed E-state index contributed by atoms with van der Waals surface area (Å²) < 4.78 is 0. The van der Waals surface area contributed by atoms with Gasteiger partial charge in [-0.15, -0.1) is 0 Å². The average molecular weight is 423 g/mol. The van der Waals surface area contributed by atoms with E-state index in [4.69, 9.17) is 9.97 Å². The molecule has 0 radical (unpaired) electrons. The number of rotatable bonds is 0. The van der Waals surface area contributed by atoms with Crippen LogP contribution < -0.4 is 0 Å². The molecular formula is C31H22N2. The van der Waals surface area contributed by atoms with E-state index < -0.39 is 0 Å². The Morgan fingerprint density at radius 2 is 1.06 bits per heavy atom. The highest BCUT2D eigenvalue weighted by molar-refractivity contribution is 6.12. The Kier molecular flexibility index (Phi) is 3.20. The fraction of sp³-hybridized carbons (Fsp3) is 0.161. The van der Waals surface area contributed by atoms with Crippen LogP contribution in [0.25, 0.3) is 43.4 Å². The zero-order chi connectivity index (χ0) is 21.8. The van der Waals surface area contributed by atoms with Gasteiger partial charge in [0, 0.05) is 33.4 Å². The van der Waals surface area contributed by atoms with Crippen LogP contribution in [0, 0.1) is 13.8 Å². The van der Waals surface area contributed by atoms with Gasteiger partial charge in [0.25, 0.3) is 0 Å². The fourth-order valence-electron chi connectivity index (χ4n) is 6.55. The lowest BCUT2D eigenvalue weighted by atomic mass is 9.68. The van der Waals surface area contributed by atoms with Gasteiger partial charge in [-0.05, 0) is 66.4 Å². The van der Waals surface area contributed by atoms with Crippen LogP contribution >= 0.6 is 0 Å². The first-order valence-corrected chi connectivity index (χ1v) is 11.8. The summed E-state index contributed by atoms with van der Waals surface area (Å²) in [7, 11) is 0. The number of fused-ring (bicyclic) bond motifs is 10. The lowest BCUT2D eigenvalue weighted by Gasteiger charge is -2.37. The van der Waals surface area contributed by atoms with Gasteiger partial charge in [-0.1, -0.05) is 59.7 Å². The van der Waals surface area contributed by atoms with E-state index in [1.165, 1.54) is 66.0 Å². The van der Waals surface area contributed by atoms with E-state index in [1.807, 2.05) is 0 Å². The average Bonchev–Trinajstić information content (AvgIpc) is 2.84. The van der Waals surface area contributed by atoms with Crippen molar-refractivity contribution in [3.05, 3.63) is 106 Å². The molecule has 156 valence electrons. The molecule has 0 unspecified atom stereocenters. The molecule has 33 heavy (non-hydrogen) atoms. The molecule has 2 atom stereocenters. The van der Waals surface area contributed by atoms with Crippen LogP contribution in [-0.4, -0.2) is 9.97 Å². The van der Waals surface area contributed by atoms with E-state index in [0.29, 0.717) is 11.8 Å². The minimum absolute atomic E-state index is 0.304. The molecule has 0 saturated heterocycles. The molecule has 2 nitrogen and oxygen atoms in total. The van der Waals surface area contributed by atoms with Crippen molar-refractivity contribution < 1.29 is 0 Å². The highest BCUT2D eigenvalue weighted by atomic mass is 14.8. The number of hydrogen-bond acceptors (Lipinski definition) is 2. The summed E-state index contributed by atoms with van der Waals surface area (Å²) >= 11 is 0. The lowest BCUT2D eigenvalue weighted by molar-refractivity contribution is 0.601.